The summed E-state index contributed by atoms with van der Waals surface area (Å²) in [7, 11) is 0. The van der Waals surface area contributed by atoms with Crippen LogP contribution in [0.2, 0.25) is 9.36 Å². The normalized spacial score (nSPS) is 21.3. The number of hydrogen-bond acceptors (Lipinski definition) is 5. The van der Waals surface area contributed by atoms with E-state index >= 15 is 4.39 Å². The molecule has 0 aliphatic carbocycles. The smallest absolute Gasteiger partial charge is 0.227 e. The molecule has 2 aliphatic rings. The Labute approximate surface area is 252 Å². The Balaban J connectivity index is 1.51. The van der Waals surface area contributed by atoms with Crippen LogP contribution in [0.1, 0.15) is 71.6 Å². The van der Waals surface area contributed by atoms with Gasteiger partial charge in [0.15, 0.2) is 0 Å². The van der Waals surface area contributed by atoms with Gasteiger partial charge in [-0.05, 0) is 65.3 Å². The molecule has 0 N–H and O–H groups in total. The van der Waals surface area contributed by atoms with Crippen LogP contribution in [0.15, 0.2) is 24.3 Å². The van der Waals surface area contributed by atoms with E-state index in [2.05, 4.69) is 30.6 Å². The molecule has 0 spiro atoms. The zero-order chi connectivity index (χ0) is 29.5. The Morgan fingerprint density at radius 1 is 1.05 bits per heavy atom. The molecule has 2 fully saturated rings. The van der Waals surface area contributed by atoms with Crippen LogP contribution < -0.4 is 4.90 Å². The van der Waals surface area contributed by atoms with Gasteiger partial charge in [-0.15, -0.1) is 11.3 Å². The van der Waals surface area contributed by atoms with Crippen LogP contribution in [-0.2, 0) is 9.59 Å². The van der Waals surface area contributed by atoms with Crippen molar-refractivity contribution in [1.82, 2.24) is 14.7 Å². The molecule has 2 aliphatic heterocycles. The van der Waals surface area contributed by atoms with E-state index < -0.39 is 0 Å². The lowest BCUT2D eigenvalue weighted by atomic mass is 9.87. The minimum absolute atomic E-state index is 0.0266. The van der Waals surface area contributed by atoms with Crippen molar-refractivity contribution < 1.29 is 14.0 Å². The van der Waals surface area contributed by atoms with Crippen molar-refractivity contribution >= 4 is 51.4 Å². The van der Waals surface area contributed by atoms with Crippen molar-refractivity contribution in [2.45, 2.75) is 72.0 Å². The fourth-order valence-corrected chi connectivity index (χ4v) is 7.75. The number of hydrogen-bond donors (Lipinski definition) is 0. The number of piperazine rings is 1. The molecule has 3 atom stereocenters. The molecular formula is C30H41Cl2FN4O2S. The maximum absolute atomic E-state index is 15.0. The highest BCUT2D eigenvalue weighted by molar-refractivity contribution is 7.20. The van der Waals surface area contributed by atoms with Crippen LogP contribution in [-0.4, -0.2) is 77.4 Å². The summed E-state index contributed by atoms with van der Waals surface area (Å²) in [5, 5.41) is 1.41. The molecule has 0 saturated carbocycles. The Morgan fingerprint density at radius 3 is 2.25 bits per heavy atom. The lowest BCUT2D eigenvalue weighted by Crippen LogP contribution is -2.51. The number of carbonyl (C=O) groups is 2. The zero-order valence-electron chi connectivity index (χ0n) is 24.5. The number of anilines is 1. The minimum atomic E-state index is -0.354. The van der Waals surface area contributed by atoms with Gasteiger partial charge in [0.05, 0.1) is 21.3 Å². The van der Waals surface area contributed by atoms with Crippen molar-refractivity contribution in [3.63, 3.8) is 0 Å². The number of nitrogens with zero attached hydrogens (tertiary/aromatic N) is 4. The van der Waals surface area contributed by atoms with E-state index in [0.29, 0.717) is 54.2 Å². The molecule has 10 heteroatoms. The lowest BCUT2D eigenvalue weighted by molar-refractivity contribution is -0.136. The quantitative estimate of drug-likeness (QED) is 0.366. The van der Waals surface area contributed by atoms with Gasteiger partial charge in [0.25, 0.3) is 0 Å². The molecule has 0 radical (unpaired) electrons. The van der Waals surface area contributed by atoms with Gasteiger partial charge in [-0.25, -0.2) is 4.39 Å². The molecule has 1 aromatic carbocycles. The molecule has 40 heavy (non-hydrogen) atoms. The predicted molar refractivity (Wildman–Crippen MR) is 163 cm³/mol. The van der Waals surface area contributed by atoms with Crippen LogP contribution in [0, 0.1) is 11.7 Å². The largest absolute Gasteiger partial charge is 0.360 e. The second kappa shape index (κ2) is 12.2. The Bertz CT molecular complexity index is 1240. The fourth-order valence-electron chi connectivity index (χ4n) is 6.23. The van der Waals surface area contributed by atoms with Crippen LogP contribution in [0.4, 0.5) is 9.39 Å². The van der Waals surface area contributed by atoms with Crippen molar-refractivity contribution in [3.8, 4) is 0 Å². The van der Waals surface area contributed by atoms with Gasteiger partial charge in [-0.3, -0.25) is 14.5 Å². The molecule has 1 unspecified atom stereocenters. The first-order chi connectivity index (χ1) is 18.7. The highest BCUT2D eigenvalue weighted by atomic mass is 35.5. The molecule has 2 aromatic rings. The van der Waals surface area contributed by atoms with E-state index in [0.717, 1.165) is 10.6 Å². The average Bonchev–Trinajstić information content (AvgIpc) is 3.47. The number of amides is 2. The predicted octanol–water partition coefficient (Wildman–Crippen LogP) is 6.67. The molecule has 2 amide bonds. The van der Waals surface area contributed by atoms with Crippen molar-refractivity contribution in [3.05, 3.63) is 50.6 Å². The van der Waals surface area contributed by atoms with Crippen LogP contribution >= 0.6 is 34.5 Å². The summed E-state index contributed by atoms with van der Waals surface area (Å²) in [6.45, 7) is 17.8. The van der Waals surface area contributed by atoms with Gasteiger partial charge < -0.3 is 14.7 Å². The maximum Gasteiger partial charge on any atom is 0.227 e. The second-order valence-corrected chi connectivity index (χ2v) is 14.4. The molecule has 6 nitrogen and oxygen atoms in total. The summed E-state index contributed by atoms with van der Waals surface area (Å²) in [5.74, 6) is -0.819. The molecule has 1 aromatic heterocycles. The molecule has 220 valence electrons. The van der Waals surface area contributed by atoms with Crippen molar-refractivity contribution in [1.29, 1.82) is 0 Å². The molecule has 3 heterocycles. The minimum Gasteiger partial charge on any atom is -0.360 e. The summed E-state index contributed by atoms with van der Waals surface area (Å²) in [6, 6.07) is 6.69. The number of likely N-dealkylation sites (tertiary alicyclic amines) is 1. The van der Waals surface area contributed by atoms with Gasteiger partial charge in [0, 0.05) is 74.3 Å². The molecular weight excluding hydrogens is 570 g/mol. The van der Waals surface area contributed by atoms with Crippen molar-refractivity contribution in [2.24, 2.45) is 5.92 Å². The SMILES string of the molecule is CC(=O)N(C(C)C)C(C)c1cc(Cl)sc1N1CCN(C(=O)[C@@H]2CN(C(C)(C)C)C[C@H]2c2ccc(Cl)cc2F)CC1. The first kappa shape index (κ1) is 31.1. The zero-order valence-corrected chi connectivity index (χ0v) is 26.8. The average molecular weight is 612 g/mol. The molecule has 4 rings (SSSR count). The summed E-state index contributed by atoms with van der Waals surface area (Å²) in [6.07, 6.45) is 0. The number of benzene rings is 1. The van der Waals surface area contributed by atoms with Crippen LogP contribution in [0.25, 0.3) is 0 Å². The third-order valence-corrected chi connectivity index (χ3v) is 9.90. The van der Waals surface area contributed by atoms with Gasteiger partial charge in [0.1, 0.15) is 5.82 Å². The Morgan fingerprint density at radius 2 is 1.70 bits per heavy atom. The highest BCUT2D eigenvalue weighted by Gasteiger charge is 2.44. The number of halogens is 3. The summed E-state index contributed by atoms with van der Waals surface area (Å²) in [4.78, 5) is 34.7. The van der Waals surface area contributed by atoms with Crippen molar-refractivity contribution in [2.75, 3.05) is 44.2 Å². The second-order valence-electron chi connectivity index (χ2n) is 12.3. The van der Waals surface area contributed by atoms with E-state index in [-0.39, 0.29) is 47.1 Å². The maximum atomic E-state index is 15.0. The van der Waals surface area contributed by atoms with Crippen LogP contribution in [0.3, 0.4) is 0 Å². The number of rotatable bonds is 6. The van der Waals surface area contributed by atoms with Gasteiger partial charge in [0.2, 0.25) is 11.8 Å². The topological polar surface area (TPSA) is 47.1 Å². The highest BCUT2D eigenvalue weighted by Crippen LogP contribution is 2.42. The third kappa shape index (κ3) is 6.45. The lowest BCUT2D eigenvalue weighted by Gasteiger charge is -2.39. The standard InChI is InChI=1S/C30H41Cl2FN4O2S/c1-18(2)37(20(4)38)19(3)23-15-27(32)40-29(23)35-12-10-34(11-13-35)28(39)25-17-36(30(5,6)7)16-24(25)22-9-8-21(31)14-26(22)33/h8-9,14-15,18-19,24-25H,10-13,16-17H2,1-7H3/t19?,24-,25+/m0/s1. The first-order valence-electron chi connectivity index (χ1n) is 14.0. The number of thiophene rings is 1. The summed E-state index contributed by atoms with van der Waals surface area (Å²) < 4.78 is 15.7. The Hall–Kier alpha value is -1.87. The van der Waals surface area contributed by atoms with E-state index in [1.165, 1.54) is 17.4 Å². The third-order valence-electron chi connectivity index (χ3n) is 8.32. The van der Waals surface area contributed by atoms with Gasteiger partial charge >= 0.3 is 0 Å². The van der Waals surface area contributed by atoms with Gasteiger partial charge in [-0.2, -0.15) is 0 Å². The van der Waals surface area contributed by atoms with E-state index in [4.69, 9.17) is 23.2 Å². The first-order valence-corrected chi connectivity index (χ1v) is 15.6. The fraction of sp³-hybridized carbons (Fsp3) is 0.600. The number of carbonyl (C=O) groups excluding carboxylic acids is 2. The van der Waals surface area contributed by atoms with E-state index in [9.17, 15) is 9.59 Å². The molecule has 2 saturated heterocycles. The van der Waals surface area contributed by atoms with E-state index in [1.807, 2.05) is 36.6 Å². The van der Waals surface area contributed by atoms with Crippen LogP contribution in [0.5, 0.6) is 0 Å². The monoisotopic (exact) mass is 610 g/mol. The van der Waals surface area contributed by atoms with Gasteiger partial charge in [-0.1, -0.05) is 29.3 Å². The Kier molecular flexibility index (Phi) is 9.45. The summed E-state index contributed by atoms with van der Waals surface area (Å²) >= 11 is 14.0. The summed E-state index contributed by atoms with van der Waals surface area (Å²) in [5.41, 5.74) is 1.46. The molecule has 0 bridgehead atoms. The van der Waals surface area contributed by atoms with E-state index in [1.54, 1.807) is 19.1 Å².